The lowest BCUT2D eigenvalue weighted by molar-refractivity contribution is 0.0464. The number of H-pyrrole nitrogens is 1. The van der Waals surface area contributed by atoms with E-state index < -0.39 is 11.5 Å². The minimum atomic E-state index is -0.639. The standard InChI is InChI=1S/C17H14N4O3/c1-2-13-14(17(23)24-10-11-6-4-3-5-7-11)20-15-12(8-18)9-19-21(15)16(13)22/h3-7,9,20H,2,10H2,1H3. The molecule has 3 aromatic rings. The summed E-state index contributed by atoms with van der Waals surface area (Å²) in [5, 5.41) is 13.0. The number of ether oxygens (including phenoxy) is 1. The zero-order valence-corrected chi connectivity index (χ0v) is 12.9. The Kier molecular flexibility index (Phi) is 4.12. The smallest absolute Gasteiger partial charge is 0.355 e. The Hall–Kier alpha value is -3.40. The fraction of sp³-hybridized carbons (Fsp3) is 0.176. The number of nitrogens with zero attached hydrogens (tertiary/aromatic N) is 3. The molecule has 7 heteroatoms. The fourth-order valence-corrected chi connectivity index (χ4v) is 2.43. The van der Waals surface area contributed by atoms with E-state index in [9.17, 15) is 9.59 Å². The number of benzene rings is 1. The van der Waals surface area contributed by atoms with Gasteiger partial charge in [0.05, 0.1) is 11.8 Å². The summed E-state index contributed by atoms with van der Waals surface area (Å²) in [6.45, 7) is 1.86. The van der Waals surface area contributed by atoms with E-state index in [0.29, 0.717) is 6.42 Å². The zero-order valence-electron chi connectivity index (χ0n) is 12.9. The molecule has 0 unspecified atom stereocenters. The van der Waals surface area contributed by atoms with Gasteiger partial charge in [0, 0.05) is 0 Å². The molecule has 0 radical (unpaired) electrons. The molecule has 2 aromatic heterocycles. The van der Waals surface area contributed by atoms with Crippen molar-refractivity contribution in [3.8, 4) is 6.07 Å². The average molecular weight is 322 g/mol. The van der Waals surface area contributed by atoms with Gasteiger partial charge in [0.15, 0.2) is 5.65 Å². The van der Waals surface area contributed by atoms with Crippen molar-refractivity contribution < 1.29 is 9.53 Å². The molecule has 0 saturated heterocycles. The predicted molar refractivity (Wildman–Crippen MR) is 85.5 cm³/mol. The van der Waals surface area contributed by atoms with Crippen LogP contribution in [0.3, 0.4) is 0 Å². The molecule has 0 aliphatic heterocycles. The first-order valence-electron chi connectivity index (χ1n) is 7.39. The summed E-state index contributed by atoms with van der Waals surface area (Å²) in [5.41, 5.74) is 1.11. The largest absolute Gasteiger partial charge is 0.456 e. The summed E-state index contributed by atoms with van der Waals surface area (Å²) < 4.78 is 6.38. The quantitative estimate of drug-likeness (QED) is 0.738. The highest BCUT2D eigenvalue weighted by Crippen LogP contribution is 2.12. The lowest BCUT2D eigenvalue weighted by atomic mass is 10.1. The maximum absolute atomic E-state index is 12.5. The first kappa shape index (κ1) is 15.5. The number of fused-ring (bicyclic) bond motifs is 1. The van der Waals surface area contributed by atoms with Crippen LogP contribution in [0.5, 0.6) is 0 Å². The molecular formula is C17H14N4O3. The van der Waals surface area contributed by atoms with E-state index in [1.165, 1.54) is 6.20 Å². The monoisotopic (exact) mass is 322 g/mol. The van der Waals surface area contributed by atoms with Crippen LogP contribution in [0.2, 0.25) is 0 Å². The highest BCUT2D eigenvalue weighted by atomic mass is 16.5. The third kappa shape index (κ3) is 2.65. The maximum atomic E-state index is 12.5. The third-order valence-electron chi connectivity index (χ3n) is 3.66. The number of aromatic amines is 1. The summed E-state index contributed by atoms with van der Waals surface area (Å²) >= 11 is 0. The number of hydrogen-bond acceptors (Lipinski definition) is 5. The molecule has 0 bridgehead atoms. The van der Waals surface area contributed by atoms with Gasteiger partial charge in [0.1, 0.15) is 23.9 Å². The summed E-state index contributed by atoms with van der Waals surface area (Å²) in [5.74, 6) is -0.639. The summed E-state index contributed by atoms with van der Waals surface area (Å²) in [6, 6.07) is 11.2. The Morgan fingerprint density at radius 3 is 2.79 bits per heavy atom. The Morgan fingerprint density at radius 2 is 2.12 bits per heavy atom. The van der Waals surface area contributed by atoms with Gasteiger partial charge in [0.25, 0.3) is 5.56 Å². The van der Waals surface area contributed by atoms with Crippen molar-refractivity contribution in [2.24, 2.45) is 0 Å². The molecule has 0 atom stereocenters. The SMILES string of the molecule is CCc1c(C(=O)OCc2ccccc2)[nH]c2c(C#N)cnn2c1=O. The number of esters is 1. The number of aromatic nitrogens is 3. The van der Waals surface area contributed by atoms with Crippen LogP contribution in [0.4, 0.5) is 0 Å². The van der Waals surface area contributed by atoms with Gasteiger partial charge in [-0.15, -0.1) is 0 Å². The molecule has 3 rings (SSSR count). The van der Waals surface area contributed by atoms with Gasteiger partial charge in [-0.05, 0) is 12.0 Å². The first-order chi connectivity index (χ1) is 11.7. The van der Waals surface area contributed by atoms with E-state index in [-0.39, 0.29) is 29.1 Å². The molecule has 7 nitrogen and oxygen atoms in total. The second-order valence-electron chi connectivity index (χ2n) is 5.13. The molecule has 1 aromatic carbocycles. The topological polar surface area (TPSA) is 100 Å². The van der Waals surface area contributed by atoms with Crippen molar-refractivity contribution >= 4 is 11.6 Å². The van der Waals surface area contributed by atoms with E-state index in [0.717, 1.165) is 10.1 Å². The Morgan fingerprint density at radius 1 is 1.38 bits per heavy atom. The predicted octanol–water partition coefficient (Wildman–Crippen LogP) is 1.81. The average Bonchev–Trinajstić information content (AvgIpc) is 3.03. The number of nitriles is 1. The number of carbonyl (C=O) groups excluding carboxylic acids is 1. The van der Waals surface area contributed by atoms with Gasteiger partial charge >= 0.3 is 5.97 Å². The minimum Gasteiger partial charge on any atom is -0.456 e. The number of nitrogens with one attached hydrogen (secondary N) is 1. The second-order valence-corrected chi connectivity index (χ2v) is 5.13. The van der Waals surface area contributed by atoms with Gasteiger partial charge in [-0.2, -0.15) is 14.9 Å². The van der Waals surface area contributed by atoms with Gasteiger partial charge in [0.2, 0.25) is 0 Å². The highest BCUT2D eigenvalue weighted by Gasteiger charge is 2.20. The van der Waals surface area contributed by atoms with Crippen LogP contribution in [0.25, 0.3) is 5.65 Å². The number of hydrogen-bond donors (Lipinski definition) is 1. The molecule has 0 saturated carbocycles. The van der Waals surface area contributed by atoms with Crippen molar-refractivity contribution in [1.82, 2.24) is 14.6 Å². The molecule has 24 heavy (non-hydrogen) atoms. The van der Waals surface area contributed by atoms with E-state index in [1.807, 2.05) is 36.4 Å². The van der Waals surface area contributed by atoms with Crippen LogP contribution in [0, 0.1) is 11.3 Å². The molecule has 0 aliphatic carbocycles. The van der Waals surface area contributed by atoms with Crippen molar-refractivity contribution in [2.75, 3.05) is 0 Å². The molecule has 0 spiro atoms. The van der Waals surface area contributed by atoms with Crippen LogP contribution in [-0.4, -0.2) is 20.6 Å². The van der Waals surface area contributed by atoms with E-state index in [1.54, 1.807) is 6.92 Å². The second kappa shape index (κ2) is 6.38. The maximum Gasteiger partial charge on any atom is 0.355 e. The molecule has 1 N–H and O–H groups in total. The van der Waals surface area contributed by atoms with Crippen LogP contribution in [0.15, 0.2) is 41.3 Å². The molecule has 0 fully saturated rings. The molecule has 0 amide bonds. The van der Waals surface area contributed by atoms with Gasteiger partial charge in [-0.3, -0.25) is 4.79 Å². The highest BCUT2D eigenvalue weighted by molar-refractivity contribution is 5.89. The molecule has 2 heterocycles. The van der Waals surface area contributed by atoms with Crippen molar-refractivity contribution in [3.05, 3.63) is 69.3 Å². The van der Waals surface area contributed by atoms with E-state index >= 15 is 0 Å². The van der Waals surface area contributed by atoms with Gasteiger partial charge < -0.3 is 9.72 Å². The van der Waals surface area contributed by atoms with Gasteiger partial charge in [-0.25, -0.2) is 4.79 Å². The molecule has 0 aliphatic rings. The summed E-state index contributed by atoms with van der Waals surface area (Å²) in [4.78, 5) is 27.7. The number of carbonyl (C=O) groups is 1. The van der Waals surface area contributed by atoms with Crippen LogP contribution in [0.1, 0.15) is 34.1 Å². The molecule has 120 valence electrons. The Bertz CT molecular complexity index is 996. The van der Waals surface area contributed by atoms with E-state index in [4.69, 9.17) is 10.00 Å². The first-order valence-corrected chi connectivity index (χ1v) is 7.39. The zero-order chi connectivity index (χ0) is 17.1. The van der Waals surface area contributed by atoms with Crippen molar-refractivity contribution in [3.63, 3.8) is 0 Å². The van der Waals surface area contributed by atoms with Gasteiger partial charge in [-0.1, -0.05) is 37.3 Å². The minimum absolute atomic E-state index is 0.0583. The Labute approximate surface area is 137 Å². The van der Waals surface area contributed by atoms with E-state index in [2.05, 4.69) is 10.1 Å². The van der Waals surface area contributed by atoms with Crippen LogP contribution < -0.4 is 5.56 Å². The van der Waals surface area contributed by atoms with Crippen molar-refractivity contribution in [1.29, 1.82) is 5.26 Å². The van der Waals surface area contributed by atoms with Crippen molar-refractivity contribution in [2.45, 2.75) is 20.0 Å². The number of rotatable bonds is 4. The summed E-state index contributed by atoms with van der Waals surface area (Å²) in [7, 11) is 0. The lowest BCUT2D eigenvalue weighted by Crippen LogP contribution is -2.25. The van der Waals surface area contributed by atoms with Crippen LogP contribution in [-0.2, 0) is 17.8 Å². The third-order valence-corrected chi connectivity index (χ3v) is 3.66. The molecular weight excluding hydrogens is 308 g/mol. The summed E-state index contributed by atoms with van der Waals surface area (Å²) in [6.07, 6.45) is 1.62. The fourth-order valence-electron chi connectivity index (χ4n) is 2.43. The van der Waals surface area contributed by atoms with Crippen LogP contribution >= 0.6 is 0 Å². The normalized spacial score (nSPS) is 10.5. The lowest BCUT2D eigenvalue weighted by Gasteiger charge is -2.09. The Balaban J connectivity index is 1.99.